The first-order valence-electron chi connectivity index (χ1n) is 11.9. The number of carbonyl (C=O) groups excluding carboxylic acids is 1. The van der Waals surface area contributed by atoms with Gasteiger partial charge in [-0.25, -0.2) is 4.79 Å². The zero-order valence-electron chi connectivity index (χ0n) is 21.4. The van der Waals surface area contributed by atoms with Crippen molar-refractivity contribution in [1.82, 2.24) is 15.5 Å². The van der Waals surface area contributed by atoms with Gasteiger partial charge in [-0.3, -0.25) is 9.89 Å². The molecule has 1 unspecified atom stereocenters. The Labute approximate surface area is 206 Å². The maximum Gasteiger partial charge on any atom is 0.347 e. The molecular weight excluding hydrogens is 442 g/mol. The lowest BCUT2D eigenvalue weighted by atomic mass is 9.86. The predicted molar refractivity (Wildman–Crippen MR) is 137 cm³/mol. The van der Waals surface area contributed by atoms with Gasteiger partial charge in [0, 0.05) is 12.1 Å². The number of ether oxygens (including phenoxy) is 1. The molecule has 0 aliphatic rings. The Morgan fingerprint density at radius 3 is 2.31 bits per heavy atom. The highest BCUT2D eigenvalue weighted by atomic mass is 16.5. The number of aromatic nitrogens is 2. The highest BCUT2D eigenvalue weighted by Crippen LogP contribution is 2.28. The Morgan fingerprint density at radius 1 is 1.06 bits per heavy atom. The third kappa shape index (κ3) is 6.29. The van der Waals surface area contributed by atoms with Crippen molar-refractivity contribution in [3.05, 3.63) is 70.9 Å². The van der Waals surface area contributed by atoms with E-state index in [0.29, 0.717) is 36.5 Å². The Balaban J connectivity index is 1.63. The maximum atomic E-state index is 12.7. The van der Waals surface area contributed by atoms with Crippen molar-refractivity contribution < 1.29 is 19.4 Å². The molecule has 2 aromatic carbocycles. The van der Waals surface area contributed by atoms with E-state index in [1.165, 1.54) is 5.56 Å². The summed E-state index contributed by atoms with van der Waals surface area (Å²) >= 11 is 0. The van der Waals surface area contributed by atoms with Gasteiger partial charge in [0.05, 0.1) is 5.69 Å². The second-order valence-electron chi connectivity index (χ2n) is 10.2. The van der Waals surface area contributed by atoms with E-state index in [1.54, 1.807) is 19.1 Å². The van der Waals surface area contributed by atoms with E-state index in [1.807, 2.05) is 38.1 Å². The maximum absolute atomic E-state index is 12.7. The minimum absolute atomic E-state index is 0.0727. The molecule has 0 saturated carbocycles. The molecule has 1 heterocycles. The van der Waals surface area contributed by atoms with Crippen LogP contribution in [0, 0.1) is 6.92 Å². The number of H-pyrrole nitrogens is 1. The van der Waals surface area contributed by atoms with Gasteiger partial charge in [-0.2, -0.15) is 5.10 Å². The van der Waals surface area contributed by atoms with Crippen molar-refractivity contribution in [3.8, 4) is 17.0 Å². The fourth-order valence-electron chi connectivity index (χ4n) is 3.86. The second kappa shape index (κ2) is 10.3. The zero-order chi connectivity index (χ0) is 25.8. The highest BCUT2D eigenvalue weighted by molar-refractivity contribution is 5.93. The molecule has 3 rings (SSSR count). The zero-order valence-corrected chi connectivity index (χ0v) is 21.4. The van der Waals surface area contributed by atoms with Gasteiger partial charge in [-0.15, -0.1) is 0 Å². The number of hydrogen-bond acceptors (Lipinski definition) is 4. The van der Waals surface area contributed by atoms with Crippen molar-refractivity contribution in [2.24, 2.45) is 0 Å². The average molecular weight is 478 g/mol. The van der Waals surface area contributed by atoms with Gasteiger partial charge >= 0.3 is 5.97 Å². The van der Waals surface area contributed by atoms with Crippen LogP contribution in [0.15, 0.2) is 48.5 Å². The van der Waals surface area contributed by atoms with Crippen molar-refractivity contribution >= 4 is 11.9 Å². The number of aryl methyl sites for hydroxylation is 1. The summed E-state index contributed by atoms with van der Waals surface area (Å²) in [6, 6.07) is 15.4. The van der Waals surface area contributed by atoms with Crippen molar-refractivity contribution in [2.45, 2.75) is 71.9 Å². The first-order valence-corrected chi connectivity index (χ1v) is 11.9. The van der Waals surface area contributed by atoms with E-state index in [2.05, 4.69) is 48.4 Å². The van der Waals surface area contributed by atoms with E-state index in [0.717, 1.165) is 16.7 Å². The molecule has 35 heavy (non-hydrogen) atoms. The van der Waals surface area contributed by atoms with E-state index in [9.17, 15) is 14.7 Å². The summed E-state index contributed by atoms with van der Waals surface area (Å²) in [4.78, 5) is 24.3. The number of rotatable bonds is 9. The van der Waals surface area contributed by atoms with Gasteiger partial charge in [0.15, 0.2) is 0 Å². The molecule has 0 saturated heterocycles. The lowest BCUT2D eigenvalue weighted by molar-refractivity contribution is -0.154. The molecule has 186 valence electrons. The summed E-state index contributed by atoms with van der Waals surface area (Å²) in [6.45, 7) is 12.2. The van der Waals surface area contributed by atoms with Gasteiger partial charge < -0.3 is 15.2 Å². The van der Waals surface area contributed by atoms with Gasteiger partial charge in [0.1, 0.15) is 11.4 Å². The average Bonchev–Trinajstić information content (AvgIpc) is 3.29. The minimum Gasteiger partial charge on any atom is -0.478 e. The topological polar surface area (TPSA) is 104 Å². The van der Waals surface area contributed by atoms with Gasteiger partial charge in [-0.05, 0) is 54.5 Å². The molecule has 3 N–H and O–H groups in total. The van der Waals surface area contributed by atoms with Crippen LogP contribution in [-0.2, 0) is 16.8 Å². The number of benzene rings is 2. The van der Waals surface area contributed by atoms with Crippen LogP contribution in [0.1, 0.15) is 74.6 Å². The van der Waals surface area contributed by atoms with Crippen LogP contribution < -0.4 is 10.1 Å². The molecule has 1 amide bonds. The lowest BCUT2D eigenvalue weighted by Crippen LogP contribution is -2.41. The molecule has 0 aliphatic heterocycles. The second-order valence-corrected chi connectivity index (χ2v) is 10.2. The number of aromatic amines is 1. The summed E-state index contributed by atoms with van der Waals surface area (Å²) in [7, 11) is 0. The third-order valence-corrected chi connectivity index (χ3v) is 6.08. The van der Waals surface area contributed by atoms with Gasteiger partial charge in [0.2, 0.25) is 5.60 Å². The van der Waals surface area contributed by atoms with Crippen LogP contribution in [0.25, 0.3) is 11.3 Å². The van der Waals surface area contributed by atoms with Crippen molar-refractivity contribution in [2.75, 3.05) is 0 Å². The third-order valence-electron chi connectivity index (χ3n) is 6.08. The van der Waals surface area contributed by atoms with Crippen molar-refractivity contribution in [3.63, 3.8) is 0 Å². The van der Waals surface area contributed by atoms with E-state index >= 15 is 0 Å². The number of hydrogen-bond donors (Lipinski definition) is 3. The standard InChI is InChI=1S/C28H35N3O4/c1-7-14-28(6,26(33)34)35-24-13-8-19(15-18(24)2)17-29-25(32)23-16-22(30-31-23)20-9-11-21(12-10-20)27(3,4)5/h8-13,15-16H,7,14,17H2,1-6H3,(H,29,32)(H,30,31)(H,33,34). The molecule has 7 heteroatoms. The van der Waals surface area contributed by atoms with Crippen LogP contribution in [0.3, 0.4) is 0 Å². The van der Waals surface area contributed by atoms with Crippen LogP contribution in [0.2, 0.25) is 0 Å². The molecule has 3 aromatic rings. The molecule has 0 radical (unpaired) electrons. The molecule has 0 aliphatic carbocycles. The van der Waals surface area contributed by atoms with E-state index in [4.69, 9.17) is 4.74 Å². The van der Waals surface area contributed by atoms with E-state index < -0.39 is 11.6 Å². The van der Waals surface area contributed by atoms with Gasteiger partial charge in [0.25, 0.3) is 5.91 Å². The predicted octanol–water partition coefficient (Wildman–Crippen LogP) is 5.63. The number of nitrogens with zero attached hydrogens (tertiary/aromatic N) is 1. The van der Waals surface area contributed by atoms with Crippen LogP contribution in [0.4, 0.5) is 0 Å². The molecule has 0 bridgehead atoms. The van der Waals surface area contributed by atoms with Crippen LogP contribution in [-0.4, -0.2) is 32.8 Å². The largest absolute Gasteiger partial charge is 0.478 e. The number of aliphatic carboxylic acids is 1. The molecule has 7 nitrogen and oxygen atoms in total. The number of amides is 1. The van der Waals surface area contributed by atoms with E-state index in [-0.39, 0.29) is 11.3 Å². The summed E-state index contributed by atoms with van der Waals surface area (Å²) in [5.41, 5.74) is 3.76. The smallest absolute Gasteiger partial charge is 0.347 e. The normalized spacial score (nSPS) is 13.2. The monoisotopic (exact) mass is 477 g/mol. The van der Waals surface area contributed by atoms with Crippen LogP contribution in [0.5, 0.6) is 5.75 Å². The first-order chi connectivity index (χ1) is 16.4. The van der Waals surface area contributed by atoms with Crippen molar-refractivity contribution in [1.29, 1.82) is 0 Å². The minimum atomic E-state index is -1.28. The Hall–Kier alpha value is -3.61. The number of carbonyl (C=O) groups is 2. The van der Waals surface area contributed by atoms with Gasteiger partial charge in [-0.1, -0.05) is 70.5 Å². The fourth-order valence-corrected chi connectivity index (χ4v) is 3.86. The lowest BCUT2D eigenvalue weighted by Gasteiger charge is -2.27. The summed E-state index contributed by atoms with van der Waals surface area (Å²) in [6.07, 6.45) is 1.11. The summed E-state index contributed by atoms with van der Waals surface area (Å²) in [5.74, 6) is -0.720. The Morgan fingerprint density at radius 2 is 1.74 bits per heavy atom. The molecule has 1 atom stereocenters. The number of nitrogens with one attached hydrogen (secondary N) is 2. The fraction of sp³-hybridized carbons (Fsp3) is 0.393. The summed E-state index contributed by atoms with van der Waals surface area (Å²) < 4.78 is 5.85. The number of carboxylic acid groups (broad SMARTS) is 1. The Bertz CT molecular complexity index is 1190. The highest BCUT2D eigenvalue weighted by Gasteiger charge is 2.35. The SMILES string of the molecule is CCCC(C)(Oc1ccc(CNC(=O)c2cc(-c3ccc(C(C)(C)C)cc3)n[nH]2)cc1C)C(=O)O. The molecule has 1 aromatic heterocycles. The quantitative estimate of drug-likeness (QED) is 0.370. The molecule has 0 fully saturated rings. The first kappa shape index (κ1) is 26.0. The number of carboxylic acids is 1. The summed E-state index contributed by atoms with van der Waals surface area (Å²) in [5, 5.41) is 19.6. The van der Waals surface area contributed by atoms with Crippen LogP contribution >= 0.6 is 0 Å². The Kier molecular flexibility index (Phi) is 7.68. The molecule has 0 spiro atoms. The molecular formula is C28H35N3O4.